The summed E-state index contributed by atoms with van der Waals surface area (Å²) in [7, 11) is 0. The van der Waals surface area contributed by atoms with Gasteiger partial charge in [-0.3, -0.25) is 4.90 Å². The van der Waals surface area contributed by atoms with Crippen LogP contribution in [0.25, 0.3) is 0 Å². The molecule has 2 N–H and O–H groups in total. The average molecular weight is 220 g/mol. The molecule has 1 fully saturated rings. The molecule has 0 aliphatic carbocycles. The monoisotopic (exact) mass is 220 g/mol. The normalized spacial score (nSPS) is 21.6. The molecule has 0 amide bonds. The molecule has 1 aromatic heterocycles. The van der Waals surface area contributed by atoms with E-state index >= 15 is 0 Å². The Balaban J connectivity index is 1.97. The molecule has 14 heavy (non-hydrogen) atoms. The minimum atomic E-state index is -2.56. The zero-order valence-electron chi connectivity index (χ0n) is 7.41. The number of halogens is 2. The Morgan fingerprint density at radius 3 is 2.86 bits per heavy atom. The molecule has 1 aliphatic heterocycles. The quantitative estimate of drug-likeness (QED) is 0.806. The number of aromatic nitrogens is 2. The topological polar surface area (TPSA) is 55.0 Å². The SMILES string of the molecule is Nc1snnc1CN1CCC(F)(F)C1. The Hall–Kier alpha value is -0.820. The fourth-order valence-electron chi connectivity index (χ4n) is 1.48. The highest BCUT2D eigenvalue weighted by Crippen LogP contribution is 2.28. The first-order valence-electron chi connectivity index (χ1n) is 4.24. The molecule has 0 spiro atoms. The molecule has 7 heteroatoms. The van der Waals surface area contributed by atoms with Crippen molar-refractivity contribution < 1.29 is 8.78 Å². The Labute approximate surface area is 83.9 Å². The number of hydrogen-bond donors (Lipinski definition) is 1. The lowest BCUT2D eigenvalue weighted by molar-refractivity contribution is 0.0114. The third-order valence-electron chi connectivity index (χ3n) is 2.21. The van der Waals surface area contributed by atoms with E-state index in [0.29, 0.717) is 23.8 Å². The van der Waals surface area contributed by atoms with Gasteiger partial charge in [0.05, 0.1) is 6.54 Å². The number of nitrogens with zero attached hydrogens (tertiary/aromatic N) is 3. The second-order valence-corrected chi connectivity index (χ2v) is 4.19. The third kappa shape index (κ3) is 1.98. The molecule has 0 bridgehead atoms. The van der Waals surface area contributed by atoms with Crippen LogP contribution in [0.5, 0.6) is 0 Å². The van der Waals surface area contributed by atoms with Crippen molar-refractivity contribution in [3.63, 3.8) is 0 Å². The van der Waals surface area contributed by atoms with Crippen molar-refractivity contribution >= 4 is 16.5 Å². The van der Waals surface area contributed by atoms with E-state index in [4.69, 9.17) is 5.73 Å². The van der Waals surface area contributed by atoms with Gasteiger partial charge in [0.25, 0.3) is 5.92 Å². The summed E-state index contributed by atoms with van der Waals surface area (Å²) in [6, 6.07) is 0. The molecule has 0 saturated carbocycles. The van der Waals surface area contributed by atoms with Gasteiger partial charge >= 0.3 is 0 Å². The zero-order chi connectivity index (χ0) is 10.2. The second-order valence-electron chi connectivity index (χ2n) is 3.40. The Kier molecular flexibility index (Phi) is 2.36. The second kappa shape index (κ2) is 3.39. The molecule has 1 saturated heterocycles. The summed E-state index contributed by atoms with van der Waals surface area (Å²) in [4.78, 5) is 1.65. The first-order valence-corrected chi connectivity index (χ1v) is 5.01. The van der Waals surface area contributed by atoms with Gasteiger partial charge in [-0.05, 0) is 0 Å². The largest absolute Gasteiger partial charge is 0.388 e. The lowest BCUT2D eigenvalue weighted by Crippen LogP contribution is -2.25. The Morgan fingerprint density at radius 2 is 2.36 bits per heavy atom. The standard InChI is InChI=1S/C7H10F2N4S/c8-7(9)1-2-13(4-7)3-5-6(10)14-12-11-5/h1-4,10H2. The van der Waals surface area contributed by atoms with E-state index in [2.05, 4.69) is 9.59 Å². The van der Waals surface area contributed by atoms with E-state index in [9.17, 15) is 8.78 Å². The van der Waals surface area contributed by atoms with Crippen LogP contribution in [-0.4, -0.2) is 33.5 Å². The predicted molar refractivity (Wildman–Crippen MR) is 49.2 cm³/mol. The van der Waals surface area contributed by atoms with Gasteiger partial charge in [0.2, 0.25) is 0 Å². The number of nitrogens with two attached hydrogens (primary N) is 1. The third-order valence-corrected chi connectivity index (χ3v) is 2.80. The molecule has 2 rings (SSSR count). The van der Waals surface area contributed by atoms with E-state index in [1.54, 1.807) is 4.90 Å². The fraction of sp³-hybridized carbons (Fsp3) is 0.714. The van der Waals surface area contributed by atoms with Gasteiger partial charge in [0.1, 0.15) is 10.7 Å². The number of alkyl halides is 2. The molecule has 78 valence electrons. The van der Waals surface area contributed by atoms with Crippen LogP contribution < -0.4 is 5.73 Å². The molecule has 0 radical (unpaired) electrons. The highest BCUT2D eigenvalue weighted by Gasteiger charge is 2.38. The van der Waals surface area contributed by atoms with E-state index in [0.717, 1.165) is 11.5 Å². The maximum Gasteiger partial charge on any atom is 0.261 e. The van der Waals surface area contributed by atoms with Gasteiger partial charge in [0.15, 0.2) is 0 Å². The Morgan fingerprint density at radius 1 is 1.57 bits per heavy atom. The van der Waals surface area contributed by atoms with Crippen LogP contribution in [0, 0.1) is 0 Å². The molecule has 0 atom stereocenters. The first kappa shape index (κ1) is 9.72. The maximum absolute atomic E-state index is 12.8. The number of anilines is 1. The molecule has 1 aromatic rings. The molecule has 2 heterocycles. The summed E-state index contributed by atoms with van der Waals surface area (Å²) in [5, 5.41) is 4.30. The van der Waals surface area contributed by atoms with E-state index < -0.39 is 5.92 Å². The average Bonchev–Trinajstić information content (AvgIpc) is 2.61. The highest BCUT2D eigenvalue weighted by molar-refractivity contribution is 7.09. The minimum Gasteiger partial charge on any atom is -0.388 e. The van der Waals surface area contributed by atoms with Crippen LogP contribution in [0.4, 0.5) is 13.8 Å². The van der Waals surface area contributed by atoms with Crippen molar-refractivity contribution in [1.82, 2.24) is 14.5 Å². The lowest BCUT2D eigenvalue weighted by Gasteiger charge is -2.13. The summed E-state index contributed by atoms with van der Waals surface area (Å²) in [6.45, 7) is 0.561. The molecule has 0 aromatic carbocycles. The minimum absolute atomic E-state index is 0.0789. The smallest absolute Gasteiger partial charge is 0.261 e. The summed E-state index contributed by atoms with van der Waals surface area (Å²) in [6.07, 6.45) is -0.0789. The van der Waals surface area contributed by atoms with Gasteiger partial charge in [-0.1, -0.05) is 4.49 Å². The van der Waals surface area contributed by atoms with Crippen molar-refractivity contribution in [2.45, 2.75) is 18.9 Å². The van der Waals surface area contributed by atoms with Gasteiger partial charge in [-0.25, -0.2) is 8.78 Å². The number of rotatable bonds is 2. The zero-order valence-corrected chi connectivity index (χ0v) is 8.23. The number of nitrogen functional groups attached to an aromatic ring is 1. The van der Waals surface area contributed by atoms with Gasteiger partial charge < -0.3 is 5.73 Å². The summed E-state index contributed by atoms with van der Waals surface area (Å²) in [5.41, 5.74) is 6.17. The predicted octanol–water partition coefficient (Wildman–Crippen LogP) is 0.961. The van der Waals surface area contributed by atoms with E-state index in [1.807, 2.05) is 0 Å². The molecule has 1 aliphatic rings. The summed E-state index contributed by atoms with van der Waals surface area (Å²) >= 11 is 1.09. The lowest BCUT2D eigenvalue weighted by atomic mass is 10.3. The van der Waals surface area contributed by atoms with Crippen LogP contribution in [0.1, 0.15) is 12.1 Å². The summed E-state index contributed by atoms with van der Waals surface area (Å²) < 4.78 is 29.3. The van der Waals surface area contributed by atoms with E-state index in [1.165, 1.54) is 0 Å². The summed E-state index contributed by atoms with van der Waals surface area (Å²) in [5.74, 6) is -2.56. The first-order chi connectivity index (χ1) is 6.57. The van der Waals surface area contributed by atoms with Crippen molar-refractivity contribution in [2.24, 2.45) is 0 Å². The molecule has 4 nitrogen and oxygen atoms in total. The molecule has 0 unspecified atom stereocenters. The van der Waals surface area contributed by atoms with Gasteiger partial charge in [-0.2, -0.15) is 0 Å². The molecular weight excluding hydrogens is 210 g/mol. The van der Waals surface area contributed by atoms with Crippen molar-refractivity contribution in [1.29, 1.82) is 0 Å². The van der Waals surface area contributed by atoms with E-state index in [-0.39, 0.29) is 13.0 Å². The van der Waals surface area contributed by atoms with Crippen molar-refractivity contribution in [2.75, 3.05) is 18.8 Å². The highest BCUT2D eigenvalue weighted by atomic mass is 32.1. The van der Waals surface area contributed by atoms with Crippen LogP contribution in [0.15, 0.2) is 0 Å². The van der Waals surface area contributed by atoms with Crippen LogP contribution in [0.3, 0.4) is 0 Å². The fourth-order valence-corrected chi connectivity index (χ4v) is 1.92. The van der Waals surface area contributed by atoms with Gasteiger partial charge in [-0.15, -0.1) is 5.10 Å². The van der Waals surface area contributed by atoms with Crippen LogP contribution >= 0.6 is 11.5 Å². The number of likely N-dealkylation sites (tertiary alicyclic amines) is 1. The van der Waals surface area contributed by atoms with Crippen molar-refractivity contribution in [3.8, 4) is 0 Å². The van der Waals surface area contributed by atoms with Crippen LogP contribution in [0.2, 0.25) is 0 Å². The number of hydrogen-bond acceptors (Lipinski definition) is 5. The van der Waals surface area contributed by atoms with Gasteiger partial charge in [0, 0.05) is 31.0 Å². The van der Waals surface area contributed by atoms with Crippen LogP contribution in [-0.2, 0) is 6.54 Å². The maximum atomic E-state index is 12.8. The molecular formula is C7H10F2N4S. The Bertz CT molecular complexity index is 327. The van der Waals surface area contributed by atoms with Crippen molar-refractivity contribution in [3.05, 3.63) is 5.69 Å².